The zero-order valence-electron chi connectivity index (χ0n) is 10.7. The van der Waals surface area contributed by atoms with Gasteiger partial charge in [-0.05, 0) is 49.8 Å². The van der Waals surface area contributed by atoms with Crippen molar-refractivity contribution in [2.24, 2.45) is 11.7 Å². The van der Waals surface area contributed by atoms with Crippen LogP contribution in [-0.2, 0) is 6.42 Å². The minimum Gasteiger partial charge on any atom is -0.494 e. The van der Waals surface area contributed by atoms with Crippen LogP contribution in [0.5, 0.6) is 5.75 Å². The number of hydrogen-bond donors (Lipinski definition) is 1. The maximum Gasteiger partial charge on any atom is 0.119 e. The molecule has 2 heteroatoms. The molecule has 1 saturated carbocycles. The summed E-state index contributed by atoms with van der Waals surface area (Å²) in [4.78, 5) is 0. The lowest BCUT2D eigenvalue weighted by Gasteiger charge is -2.18. The first-order valence-corrected chi connectivity index (χ1v) is 6.77. The highest BCUT2D eigenvalue weighted by Crippen LogP contribution is 2.28. The fraction of sp³-hybridized carbons (Fsp3) is 0.600. The first kappa shape index (κ1) is 12.4. The Morgan fingerprint density at radius 3 is 2.47 bits per heavy atom. The second-order valence-corrected chi connectivity index (χ2v) is 4.99. The lowest BCUT2D eigenvalue weighted by molar-refractivity contribution is 0.340. The molecule has 1 aliphatic carbocycles. The molecule has 1 atom stereocenters. The van der Waals surface area contributed by atoms with Gasteiger partial charge in [0, 0.05) is 6.04 Å². The fourth-order valence-corrected chi connectivity index (χ4v) is 2.71. The Morgan fingerprint density at radius 1 is 1.24 bits per heavy atom. The van der Waals surface area contributed by atoms with Gasteiger partial charge in [0.05, 0.1) is 6.61 Å². The summed E-state index contributed by atoms with van der Waals surface area (Å²) in [5, 5.41) is 0. The van der Waals surface area contributed by atoms with E-state index in [1.807, 2.05) is 19.1 Å². The number of hydrogen-bond acceptors (Lipinski definition) is 2. The number of rotatable bonds is 5. The third-order valence-corrected chi connectivity index (χ3v) is 3.71. The zero-order valence-corrected chi connectivity index (χ0v) is 10.7. The summed E-state index contributed by atoms with van der Waals surface area (Å²) >= 11 is 0. The van der Waals surface area contributed by atoms with Crippen molar-refractivity contribution in [2.75, 3.05) is 6.61 Å². The van der Waals surface area contributed by atoms with Gasteiger partial charge in [-0.3, -0.25) is 0 Å². The van der Waals surface area contributed by atoms with Crippen molar-refractivity contribution in [1.82, 2.24) is 0 Å². The van der Waals surface area contributed by atoms with Crippen molar-refractivity contribution in [3.8, 4) is 5.75 Å². The van der Waals surface area contributed by atoms with Gasteiger partial charge >= 0.3 is 0 Å². The van der Waals surface area contributed by atoms with E-state index in [-0.39, 0.29) is 0 Å². The molecule has 0 radical (unpaired) electrons. The molecule has 0 bridgehead atoms. The molecule has 1 aromatic rings. The van der Waals surface area contributed by atoms with Crippen LogP contribution in [0.25, 0.3) is 0 Å². The van der Waals surface area contributed by atoms with Crippen molar-refractivity contribution in [3.05, 3.63) is 29.8 Å². The van der Waals surface area contributed by atoms with E-state index < -0.39 is 0 Å². The van der Waals surface area contributed by atoms with Crippen molar-refractivity contribution in [1.29, 1.82) is 0 Å². The molecule has 2 nitrogen and oxygen atoms in total. The summed E-state index contributed by atoms with van der Waals surface area (Å²) in [7, 11) is 0. The molecule has 17 heavy (non-hydrogen) atoms. The predicted octanol–water partition coefficient (Wildman–Crippen LogP) is 3.15. The normalized spacial score (nSPS) is 18.2. The molecule has 1 aliphatic rings. The first-order chi connectivity index (χ1) is 8.29. The highest BCUT2D eigenvalue weighted by atomic mass is 16.5. The first-order valence-electron chi connectivity index (χ1n) is 6.77. The largest absolute Gasteiger partial charge is 0.494 e. The minimum absolute atomic E-state index is 0.329. The van der Waals surface area contributed by atoms with Gasteiger partial charge in [0.25, 0.3) is 0 Å². The molecule has 94 valence electrons. The maximum absolute atomic E-state index is 6.28. The molecule has 0 aromatic heterocycles. The average Bonchev–Trinajstić information content (AvgIpc) is 2.86. The van der Waals surface area contributed by atoms with Crippen LogP contribution in [0.15, 0.2) is 24.3 Å². The molecule has 1 fully saturated rings. The number of nitrogens with two attached hydrogens (primary N) is 1. The van der Waals surface area contributed by atoms with E-state index in [9.17, 15) is 0 Å². The maximum atomic E-state index is 6.28. The van der Waals surface area contributed by atoms with Gasteiger partial charge < -0.3 is 10.5 Å². The van der Waals surface area contributed by atoms with Gasteiger partial charge in [-0.2, -0.15) is 0 Å². The summed E-state index contributed by atoms with van der Waals surface area (Å²) in [6, 6.07) is 8.69. The monoisotopic (exact) mass is 233 g/mol. The molecule has 2 rings (SSSR count). The van der Waals surface area contributed by atoms with E-state index in [1.165, 1.54) is 31.2 Å². The van der Waals surface area contributed by atoms with Crippen molar-refractivity contribution in [3.63, 3.8) is 0 Å². The number of benzene rings is 1. The smallest absolute Gasteiger partial charge is 0.119 e. The van der Waals surface area contributed by atoms with Gasteiger partial charge in [0.15, 0.2) is 0 Å². The summed E-state index contributed by atoms with van der Waals surface area (Å²) in [5.41, 5.74) is 7.60. The second kappa shape index (κ2) is 6.06. The van der Waals surface area contributed by atoms with Crippen molar-refractivity contribution in [2.45, 2.75) is 45.1 Å². The summed E-state index contributed by atoms with van der Waals surface area (Å²) < 4.78 is 5.43. The topological polar surface area (TPSA) is 35.2 Å². The van der Waals surface area contributed by atoms with Gasteiger partial charge in [-0.1, -0.05) is 25.0 Å². The Labute approximate surface area is 104 Å². The van der Waals surface area contributed by atoms with Crippen LogP contribution in [0.1, 0.15) is 38.2 Å². The van der Waals surface area contributed by atoms with Crippen LogP contribution in [0.3, 0.4) is 0 Å². The van der Waals surface area contributed by atoms with E-state index in [4.69, 9.17) is 10.5 Å². The van der Waals surface area contributed by atoms with Gasteiger partial charge in [0.2, 0.25) is 0 Å². The van der Waals surface area contributed by atoms with Gasteiger partial charge in [-0.15, -0.1) is 0 Å². The highest BCUT2D eigenvalue weighted by Gasteiger charge is 2.21. The van der Waals surface area contributed by atoms with Gasteiger partial charge in [-0.25, -0.2) is 0 Å². The highest BCUT2D eigenvalue weighted by molar-refractivity contribution is 5.27. The van der Waals surface area contributed by atoms with Crippen LogP contribution in [0.2, 0.25) is 0 Å². The Balaban J connectivity index is 1.89. The molecule has 2 N–H and O–H groups in total. The lowest BCUT2D eigenvalue weighted by atomic mass is 9.93. The van der Waals surface area contributed by atoms with E-state index in [1.54, 1.807) is 0 Å². The average molecular weight is 233 g/mol. The lowest BCUT2D eigenvalue weighted by Crippen LogP contribution is -2.30. The van der Waals surface area contributed by atoms with Crippen LogP contribution in [-0.4, -0.2) is 12.6 Å². The molecular weight excluding hydrogens is 210 g/mol. The molecule has 0 heterocycles. The van der Waals surface area contributed by atoms with Gasteiger partial charge in [0.1, 0.15) is 5.75 Å². The molecular formula is C15H23NO. The summed E-state index contributed by atoms with van der Waals surface area (Å²) in [5.74, 6) is 1.69. The SMILES string of the molecule is CCOc1ccc(CC(N)C2CCCC2)cc1. The fourth-order valence-electron chi connectivity index (χ4n) is 2.71. The van der Waals surface area contributed by atoms with E-state index >= 15 is 0 Å². The van der Waals surface area contributed by atoms with Crippen molar-refractivity contribution >= 4 is 0 Å². The Morgan fingerprint density at radius 2 is 1.88 bits per heavy atom. The Hall–Kier alpha value is -1.02. The van der Waals surface area contributed by atoms with Crippen molar-refractivity contribution < 1.29 is 4.74 Å². The molecule has 1 aromatic carbocycles. The Kier molecular flexibility index (Phi) is 4.43. The third-order valence-electron chi connectivity index (χ3n) is 3.71. The van der Waals surface area contributed by atoms with Crippen LogP contribution >= 0.6 is 0 Å². The van der Waals surface area contributed by atoms with Crippen LogP contribution < -0.4 is 10.5 Å². The molecule has 0 aliphatic heterocycles. The van der Waals surface area contributed by atoms with Crippen LogP contribution in [0, 0.1) is 5.92 Å². The number of ether oxygens (including phenoxy) is 1. The molecule has 0 saturated heterocycles. The predicted molar refractivity (Wildman–Crippen MR) is 71.2 cm³/mol. The quantitative estimate of drug-likeness (QED) is 0.848. The zero-order chi connectivity index (χ0) is 12.1. The molecule has 1 unspecified atom stereocenters. The standard InChI is InChI=1S/C15H23NO/c1-2-17-14-9-7-12(8-10-14)11-15(16)13-5-3-4-6-13/h7-10,13,15H,2-6,11,16H2,1H3. The van der Waals surface area contributed by atoms with E-state index in [0.29, 0.717) is 6.04 Å². The van der Waals surface area contributed by atoms with E-state index in [2.05, 4.69) is 12.1 Å². The Bertz CT molecular complexity index is 327. The second-order valence-electron chi connectivity index (χ2n) is 4.99. The molecule has 0 amide bonds. The molecule has 0 spiro atoms. The summed E-state index contributed by atoms with van der Waals surface area (Å²) in [6.07, 6.45) is 6.36. The van der Waals surface area contributed by atoms with E-state index in [0.717, 1.165) is 24.7 Å². The van der Waals surface area contributed by atoms with Crippen LogP contribution in [0.4, 0.5) is 0 Å². The minimum atomic E-state index is 0.329. The third kappa shape index (κ3) is 3.47. The summed E-state index contributed by atoms with van der Waals surface area (Å²) in [6.45, 7) is 2.73.